The van der Waals surface area contributed by atoms with Gasteiger partial charge in [0, 0.05) is 17.7 Å². The minimum atomic E-state index is -1.02. The molecule has 0 aliphatic rings. The first kappa shape index (κ1) is 17.6. The summed E-state index contributed by atoms with van der Waals surface area (Å²) in [7, 11) is 0. The molecule has 3 N–H and O–H groups in total. The van der Waals surface area contributed by atoms with Gasteiger partial charge in [0.25, 0.3) is 17.5 Å². The lowest BCUT2D eigenvalue weighted by molar-refractivity contribution is -0.384. The number of nitrogens with zero attached hydrogens (tertiary/aromatic N) is 2. The topological polar surface area (TPSA) is 145 Å². The van der Waals surface area contributed by atoms with Crippen molar-refractivity contribution in [2.45, 2.75) is 0 Å². The molecule has 0 spiro atoms. The number of nitro groups is 1. The number of aliphatic hydroxyl groups is 1. The Morgan fingerprint density at radius 2 is 1.88 bits per heavy atom. The second-order valence-electron chi connectivity index (χ2n) is 4.52. The summed E-state index contributed by atoms with van der Waals surface area (Å²) in [5.41, 5.74) is 3.32. The molecule has 126 valence electrons. The van der Waals surface area contributed by atoms with Crippen LogP contribution < -0.4 is 10.9 Å². The van der Waals surface area contributed by atoms with Gasteiger partial charge in [-0.05, 0) is 23.6 Å². The molecule has 1 heterocycles. The van der Waals surface area contributed by atoms with E-state index in [0.29, 0.717) is 4.88 Å². The van der Waals surface area contributed by atoms with Crippen LogP contribution in [0.4, 0.5) is 5.69 Å². The van der Waals surface area contributed by atoms with Gasteiger partial charge in [0.1, 0.15) is 11.8 Å². The second-order valence-corrected chi connectivity index (χ2v) is 5.47. The van der Waals surface area contributed by atoms with Gasteiger partial charge in [-0.1, -0.05) is 6.07 Å². The molecule has 0 saturated carbocycles. The Bertz CT molecular complexity index is 882. The van der Waals surface area contributed by atoms with E-state index in [-0.39, 0.29) is 11.3 Å². The van der Waals surface area contributed by atoms with Crippen molar-refractivity contribution in [2.24, 2.45) is 0 Å². The Morgan fingerprint density at radius 1 is 1.20 bits per heavy atom. The molecule has 9 nitrogen and oxygen atoms in total. The number of carbonyl (C=O) groups is 2. The Morgan fingerprint density at radius 3 is 2.40 bits per heavy atom. The number of non-ortho nitro benzene ring substituents is 1. The van der Waals surface area contributed by atoms with E-state index in [0.717, 1.165) is 23.5 Å². The van der Waals surface area contributed by atoms with Crippen LogP contribution in [0, 0.1) is 21.4 Å². The molecule has 1 aromatic carbocycles. The van der Waals surface area contributed by atoms with Crippen molar-refractivity contribution in [3.63, 3.8) is 0 Å². The molecule has 10 heteroatoms. The Balaban J connectivity index is 2.14. The number of nitriles is 1. The van der Waals surface area contributed by atoms with Crippen LogP contribution in [0.25, 0.3) is 5.76 Å². The summed E-state index contributed by atoms with van der Waals surface area (Å²) in [5.74, 6) is -2.26. The number of thiophene rings is 1. The van der Waals surface area contributed by atoms with Crippen molar-refractivity contribution in [1.29, 1.82) is 5.26 Å². The van der Waals surface area contributed by atoms with Crippen LogP contribution >= 0.6 is 11.3 Å². The number of amides is 2. The van der Waals surface area contributed by atoms with Crippen LogP contribution in [0.5, 0.6) is 0 Å². The maximum absolute atomic E-state index is 12.0. The number of hydrazine groups is 1. The summed E-state index contributed by atoms with van der Waals surface area (Å²) in [6.07, 6.45) is 0. The number of nitrogens with one attached hydrogen (secondary N) is 2. The van der Waals surface area contributed by atoms with Crippen LogP contribution in [0.1, 0.15) is 15.2 Å². The molecule has 0 bridgehead atoms. The molecule has 0 unspecified atom stereocenters. The summed E-state index contributed by atoms with van der Waals surface area (Å²) in [6.45, 7) is 0. The Labute approximate surface area is 144 Å². The van der Waals surface area contributed by atoms with Gasteiger partial charge < -0.3 is 5.11 Å². The smallest absolute Gasteiger partial charge is 0.284 e. The molecule has 25 heavy (non-hydrogen) atoms. The maximum atomic E-state index is 12.0. The first-order chi connectivity index (χ1) is 11.9. The predicted molar refractivity (Wildman–Crippen MR) is 88.2 cm³/mol. The van der Waals surface area contributed by atoms with Gasteiger partial charge in [-0.2, -0.15) is 5.26 Å². The van der Waals surface area contributed by atoms with E-state index < -0.39 is 28.1 Å². The number of aliphatic hydroxyl groups excluding tert-OH is 1. The van der Waals surface area contributed by atoms with Crippen molar-refractivity contribution in [1.82, 2.24) is 10.9 Å². The predicted octanol–water partition coefficient (Wildman–Crippen LogP) is 1.91. The summed E-state index contributed by atoms with van der Waals surface area (Å²) < 4.78 is 0. The highest BCUT2D eigenvalue weighted by atomic mass is 32.1. The fourth-order valence-electron chi connectivity index (χ4n) is 1.74. The molecule has 1 aromatic heterocycles. The number of carbonyl (C=O) groups excluding carboxylic acids is 2. The second kappa shape index (κ2) is 7.71. The average molecular weight is 358 g/mol. The number of hydrogen-bond acceptors (Lipinski definition) is 7. The molecule has 0 fully saturated rings. The molecule has 0 aliphatic heterocycles. The highest BCUT2D eigenvalue weighted by Gasteiger charge is 2.18. The van der Waals surface area contributed by atoms with E-state index >= 15 is 0 Å². The van der Waals surface area contributed by atoms with E-state index in [1.165, 1.54) is 18.2 Å². The van der Waals surface area contributed by atoms with Crippen molar-refractivity contribution in [3.8, 4) is 6.07 Å². The molecular weight excluding hydrogens is 348 g/mol. The van der Waals surface area contributed by atoms with Gasteiger partial charge in [0.05, 0.1) is 9.80 Å². The quantitative estimate of drug-likeness (QED) is 0.250. The standard InChI is InChI=1S/C15H10N4O5S/c16-8-11(13(20)9-3-5-10(6-4-9)19(23)24)14(21)17-18-15(22)12-2-1-7-25-12/h1-7,20H,(H,17,21)(H,18,22)/b13-11+. The molecule has 2 rings (SSSR count). The minimum absolute atomic E-state index is 0.0434. The maximum Gasteiger partial charge on any atom is 0.284 e. The Hall–Kier alpha value is -3.71. The normalized spacial score (nSPS) is 11.0. The van der Waals surface area contributed by atoms with Crippen molar-refractivity contribution in [3.05, 3.63) is 67.9 Å². The monoisotopic (exact) mass is 358 g/mol. The van der Waals surface area contributed by atoms with Gasteiger partial charge in [0.15, 0.2) is 5.57 Å². The molecule has 0 saturated heterocycles. The molecule has 2 amide bonds. The SMILES string of the molecule is N#C/C(C(=O)NNC(=O)c1cccs1)=C(\O)c1ccc([N+](=O)[O-])cc1. The van der Waals surface area contributed by atoms with Crippen LogP contribution in [-0.4, -0.2) is 21.8 Å². The van der Waals surface area contributed by atoms with E-state index in [1.54, 1.807) is 17.5 Å². The van der Waals surface area contributed by atoms with Crippen molar-refractivity contribution in [2.75, 3.05) is 0 Å². The van der Waals surface area contributed by atoms with Gasteiger partial charge in [-0.25, -0.2) is 0 Å². The van der Waals surface area contributed by atoms with Crippen molar-refractivity contribution < 1.29 is 19.6 Å². The zero-order valence-electron chi connectivity index (χ0n) is 12.4. The number of nitro benzene ring substituents is 1. The van der Waals surface area contributed by atoms with Crippen molar-refractivity contribution >= 4 is 34.6 Å². The summed E-state index contributed by atoms with van der Waals surface area (Å²) in [4.78, 5) is 34.0. The zero-order chi connectivity index (χ0) is 18.4. The first-order valence-corrected chi connectivity index (χ1v) is 7.54. The van der Waals surface area contributed by atoms with Gasteiger partial charge in [-0.15, -0.1) is 11.3 Å². The highest BCUT2D eigenvalue weighted by molar-refractivity contribution is 7.12. The summed E-state index contributed by atoms with van der Waals surface area (Å²) >= 11 is 1.16. The fourth-order valence-corrected chi connectivity index (χ4v) is 2.36. The lowest BCUT2D eigenvalue weighted by atomic mass is 10.1. The van der Waals surface area contributed by atoms with Crippen LogP contribution in [-0.2, 0) is 4.79 Å². The first-order valence-electron chi connectivity index (χ1n) is 6.66. The van der Waals surface area contributed by atoms with E-state index in [9.17, 15) is 24.8 Å². The molecule has 2 aromatic rings. The summed E-state index contributed by atoms with van der Waals surface area (Å²) in [6, 6.07) is 9.37. The van der Waals surface area contributed by atoms with E-state index in [2.05, 4.69) is 5.43 Å². The Kier molecular flexibility index (Phi) is 5.44. The lowest BCUT2D eigenvalue weighted by Crippen LogP contribution is -2.42. The number of hydrogen-bond donors (Lipinski definition) is 3. The molecule has 0 aliphatic carbocycles. The largest absolute Gasteiger partial charge is 0.506 e. The average Bonchev–Trinajstić information content (AvgIpc) is 3.15. The number of benzene rings is 1. The highest BCUT2D eigenvalue weighted by Crippen LogP contribution is 2.19. The zero-order valence-corrected chi connectivity index (χ0v) is 13.2. The minimum Gasteiger partial charge on any atom is -0.506 e. The third-order valence-corrected chi connectivity index (χ3v) is 3.83. The van der Waals surface area contributed by atoms with Gasteiger partial charge in [-0.3, -0.25) is 30.6 Å². The third kappa shape index (κ3) is 4.18. The molecular formula is C15H10N4O5S. The van der Waals surface area contributed by atoms with E-state index in [1.807, 2.05) is 5.43 Å². The lowest BCUT2D eigenvalue weighted by Gasteiger charge is -2.07. The molecule has 0 atom stereocenters. The van der Waals surface area contributed by atoms with Crippen LogP contribution in [0.2, 0.25) is 0 Å². The van der Waals surface area contributed by atoms with Gasteiger partial charge >= 0.3 is 0 Å². The van der Waals surface area contributed by atoms with Gasteiger partial charge in [0.2, 0.25) is 0 Å². The number of rotatable bonds is 4. The third-order valence-electron chi connectivity index (χ3n) is 2.96. The van der Waals surface area contributed by atoms with E-state index in [4.69, 9.17) is 5.26 Å². The van der Waals surface area contributed by atoms with Crippen LogP contribution in [0.15, 0.2) is 47.4 Å². The fraction of sp³-hybridized carbons (Fsp3) is 0. The van der Waals surface area contributed by atoms with Crippen LogP contribution in [0.3, 0.4) is 0 Å². The summed E-state index contributed by atoms with van der Waals surface area (Å²) in [5, 5.41) is 31.4. The molecule has 0 radical (unpaired) electrons.